The van der Waals surface area contributed by atoms with E-state index in [1.807, 2.05) is 14.1 Å². The maximum absolute atomic E-state index is 3.28. The van der Waals surface area contributed by atoms with Gasteiger partial charge in [0.1, 0.15) is 0 Å². The Balaban J connectivity index is 3.09. The first-order valence-electron chi connectivity index (χ1n) is 3.78. The van der Waals surface area contributed by atoms with Crippen molar-refractivity contribution in [1.82, 2.24) is 0 Å². The second-order valence-electron chi connectivity index (χ2n) is 3.05. The molecule has 0 spiro atoms. The van der Waals surface area contributed by atoms with E-state index in [2.05, 4.69) is 36.9 Å². The van der Waals surface area contributed by atoms with Crippen molar-refractivity contribution in [2.24, 2.45) is 0 Å². The van der Waals surface area contributed by atoms with Gasteiger partial charge < -0.3 is 4.90 Å². The number of anilines is 1. The van der Waals surface area contributed by atoms with Gasteiger partial charge in [0.05, 0.1) is 0 Å². The molecule has 0 amide bonds. The average Bonchev–Trinajstić information content (AvgIpc) is 1.85. The topological polar surface area (TPSA) is 3.24 Å². The molecule has 1 nitrogen and oxygen atoms in total. The summed E-state index contributed by atoms with van der Waals surface area (Å²) in [6.07, 6.45) is 0. The van der Waals surface area contributed by atoms with Gasteiger partial charge >= 0.3 is 0 Å². The van der Waals surface area contributed by atoms with E-state index in [-0.39, 0.29) is 0 Å². The standard InChI is InChI=1S/C10H14N/c1-8-5-6-10(11(3)4)9(2)7-8/h5-6H,1-4H3. The largest absolute Gasteiger partial charge is 0.377 e. The molecule has 1 rings (SSSR count). The van der Waals surface area contributed by atoms with E-state index >= 15 is 0 Å². The molecule has 0 N–H and O–H groups in total. The summed E-state index contributed by atoms with van der Waals surface area (Å²) < 4.78 is 0. The van der Waals surface area contributed by atoms with Gasteiger partial charge in [-0.15, -0.1) is 0 Å². The zero-order valence-electron chi connectivity index (χ0n) is 7.60. The van der Waals surface area contributed by atoms with E-state index < -0.39 is 0 Å². The van der Waals surface area contributed by atoms with Crippen LogP contribution in [0.25, 0.3) is 0 Å². The third-order valence-electron chi connectivity index (χ3n) is 1.74. The Labute approximate surface area is 68.7 Å². The van der Waals surface area contributed by atoms with E-state index in [0.29, 0.717) is 0 Å². The van der Waals surface area contributed by atoms with Crippen LogP contribution in [0.4, 0.5) is 5.69 Å². The van der Waals surface area contributed by atoms with Crippen LogP contribution in [-0.4, -0.2) is 14.1 Å². The first-order valence-corrected chi connectivity index (χ1v) is 3.78. The predicted octanol–water partition coefficient (Wildman–Crippen LogP) is 2.17. The highest BCUT2D eigenvalue weighted by Gasteiger charge is 1.98. The number of benzene rings is 1. The highest BCUT2D eigenvalue weighted by Crippen LogP contribution is 2.17. The summed E-state index contributed by atoms with van der Waals surface area (Å²) in [7, 11) is 4.09. The zero-order chi connectivity index (χ0) is 8.43. The molecule has 1 aromatic rings. The Hall–Kier alpha value is -0.980. The lowest BCUT2D eigenvalue weighted by atomic mass is 10.1. The SMILES string of the molecule is Cc1[c]c(C)c(N(C)C)cc1. The highest BCUT2D eigenvalue weighted by molar-refractivity contribution is 5.52. The second-order valence-corrected chi connectivity index (χ2v) is 3.05. The second kappa shape index (κ2) is 2.95. The van der Waals surface area contributed by atoms with Gasteiger partial charge in [-0.05, 0) is 37.1 Å². The first kappa shape index (κ1) is 8.12. The van der Waals surface area contributed by atoms with Crippen LogP contribution < -0.4 is 4.90 Å². The smallest absolute Gasteiger partial charge is 0.0397 e. The van der Waals surface area contributed by atoms with Crippen molar-refractivity contribution in [3.8, 4) is 0 Å². The summed E-state index contributed by atoms with van der Waals surface area (Å²) in [5, 5.41) is 0. The lowest BCUT2D eigenvalue weighted by molar-refractivity contribution is 1.11. The number of aryl methyl sites for hydroxylation is 2. The monoisotopic (exact) mass is 148 g/mol. The quantitative estimate of drug-likeness (QED) is 0.590. The highest BCUT2D eigenvalue weighted by atomic mass is 15.1. The molecule has 0 aliphatic rings. The molecule has 0 heterocycles. The predicted molar refractivity (Wildman–Crippen MR) is 49.1 cm³/mol. The zero-order valence-corrected chi connectivity index (χ0v) is 7.60. The van der Waals surface area contributed by atoms with E-state index in [0.717, 1.165) is 0 Å². The van der Waals surface area contributed by atoms with Gasteiger partial charge in [-0.25, -0.2) is 0 Å². The first-order chi connectivity index (χ1) is 5.11. The molecular formula is C10H14N. The minimum Gasteiger partial charge on any atom is -0.377 e. The van der Waals surface area contributed by atoms with Crippen LogP contribution >= 0.6 is 0 Å². The minimum absolute atomic E-state index is 1.20. The fraction of sp³-hybridized carbons (Fsp3) is 0.400. The van der Waals surface area contributed by atoms with Crippen LogP contribution in [0.5, 0.6) is 0 Å². The Morgan fingerprint density at radius 2 is 1.82 bits per heavy atom. The molecule has 0 bridgehead atoms. The van der Waals surface area contributed by atoms with Crippen LogP contribution in [0.15, 0.2) is 12.1 Å². The fourth-order valence-electron chi connectivity index (χ4n) is 1.21. The molecule has 0 aliphatic carbocycles. The van der Waals surface area contributed by atoms with Gasteiger partial charge in [0.25, 0.3) is 0 Å². The van der Waals surface area contributed by atoms with Gasteiger partial charge in [-0.2, -0.15) is 0 Å². The molecular weight excluding hydrogens is 134 g/mol. The van der Waals surface area contributed by atoms with Crippen LogP contribution in [0, 0.1) is 19.9 Å². The summed E-state index contributed by atoms with van der Waals surface area (Å²) in [5.74, 6) is 0. The number of nitrogens with zero attached hydrogens (tertiary/aromatic N) is 1. The molecule has 0 saturated carbocycles. The number of hydrogen-bond donors (Lipinski definition) is 0. The van der Waals surface area contributed by atoms with Gasteiger partial charge in [0.15, 0.2) is 0 Å². The van der Waals surface area contributed by atoms with Gasteiger partial charge in [0.2, 0.25) is 0 Å². The molecule has 59 valence electrons. The van der Waals surface area contributed by atoms with Crippen molar-refractivity contribution >= 4 is 5.69 Å². The lowest BCUT2D eigenvalue weighted by Crippen LogP contribution is -2.10. The van der Waals surface area contributed by atoms with Crippen LogP contribution in [0.1, 0.15) is 11.1 Å². The van der Waals surface area contributed by atoms with E-state index in [1.54, 1.807) is 0 Å². The van der Waals surface area contributed by atoms with E-state index in [9.17, 15) is 0 Å². The third-order valence-corrected chi connectivity index (χ3v) is 1.74. The maximum atomic E-state index is 3.28. The molecule has 0 aromatic heterocycles. The normalized spacial score (nSPS) is 9.82. The summed E-state index contributed by atoms with van der Waals surface area (Å²) >= 11 is 0. The van der Waals surface area contributed by atoms with E-state index in [4.69, 9.17) is 0 Å². The Morgan fingerprint density at radius 1 is 1.18 bits per heavy atom. The summed E-state index contributed by atoms with van der Waals surface area (Å²) in [5.41, 5.74) is 3.67. The Bertz CT molecular complexity index is 251. The molecule has 11 heavy (non-hydrogen) atoms. The van der Waals surface area contributed by atoms with Crippen molar-refractivity contribution in [1.29, 1.82) is 0 Å². The molecule has 1 aromatic carbocycles. The molecule has 0 fully saturated rings. The Morgan fingerprint density at radius 3 is 2.27 bits per heavy atom. The van der Waals surface area contributed by atoms with Crippen LogP contribution in [-0.2, 0) is 0 Å². The van der Waals surface area contributed by atoms with E-state index in [1.165, 1.54) is 16.8 Å². The molecule has 1 heteroatoms. The molecule has 0 saturated heterocycles. The molecule has 0 unspecified atom stereocenters. The van der Waals surface area contributed by atoms with Gasteiger partial charge in [-0.3, -0.25) is 0 Å². The summed E-state index contributed by atoms with van der Waals surface area (Å²) in [6.45, 7) is 4.15. The van der Waals surface area contributed by atoms with Crippen LogP contribution in [0.3, 0.4) is 0 Å². The maximum Gasteiger partial charge on any atom is 0.0397 e. The van der Waals surface area contributed by atoms with Crippen molar-refractivity contribution in [3.63, 3.8) is 0 Å². The lowest BCUT2D eigenvalue weighted by Gasteiger charge is -2.15. The number of rotatable bonds is 1. The average molecular weight is 148 g/mol. The molecule has 0 aliphatic heterocycles. The van der Waals surface area contributed by atoms with Gasteiger partial charge in [-0.1, -0.05) is 6.07 Å². The van der Waals surface area contributed by atoms with Crippen molar-refractivity contribution < 1.29 is 0 Å². The van der Waals surface area contributed by atoms with Crippen molar-refractivity contribution in [2.75, 3.05) is 19.0 Å². The Kier molecular flexibility index (Phi) is 2.18. The van der Waals surface area contributed by atoms with Gasteiger partial charge in [0, 0.05) is 19.8 Å². The fourth-order valence-corrected chi connectivity index (χ4v) is 1.21. The van der Waals surface area contributed by atoms with Crippen molar-refractivity contribution in [3.05, 3.63) is 29.3 Å². The number of hydrogen-bond acceptors (Lipinski definition) is 1. The summed E-state index contributed by atoms with van der Waals surface area (Å²) in [6, 6.07) is 7.49. The van der Waals surface area contributed by atoms with Crippen LogP contribution in [0.2, 0.25) is 0 Å². The summed E-state index contributed by atoms with van der Waals surface area (Å²) in [4.78, 5) is 2.10. The van der Waals surface area contributed by atoms with Crippen molar-refractivity contribution in [2.45, 2.75) is 13.8 Å². The minimum atomic E-state index is 1.20. The molecule has 0 atom stereocenters. The molecule has 1 radical (unpaired) electrons. The third kappa shape index (κ3) is 1.73.